The fraction of sp³-hybridized carbons (Fsp3) is 0.0667. The van der Waals surface area contributed by atoms with Gasteiger partial charge in [-0.25, -0.2) is 19.9 Å². The van der Waals surface area contributed by atoms with Crippen LogP contribution in [0.5, 0.6) is 5.88 Å². The van der Waals surface area contributed by atoms with Crippen molar-refractivity contribution in [2.75, 3.05) is 7.11 Å². The highest BCUT2D eigenvalue weighted by Gasteiger charge is 2.15. The van der Waals surface area contributed by atoms with Gasteiger partial charge in [0, 0.05) is 11.8 Å². The first-order valence-corrected chi connectivity index (χ1v) is 7.92. The Morgan fingerprint density at radius 3 is 2.45 bits per heavy atom. The van der Waals surface area contributed by atoms with Crippen LogP contribution in [0.3, 0.4) is 0 Å². The molecule has 0 amide bonds. The monoisotopic (exact) mass is 420 g/mol. The summed E-state index contributed by atoms with van der Waals surface area (Å²) in [5.74, 6) is 0.937. The molecule has 22 heavy (non-hydrogen) atoms. The van der Waals surface area contributed by atoms with Crippen molar-refractivity contribution in [3.8, 4) is 28.7 Å². The molecule has 0 unspecified atom stereocenters. The van der Waals surface area contributed by atoms with Crippen LogP contribution in [0, 0.1) is 0 Å². The van der Waals surface area contributed by atoms with Gasteiger partial charge in [-0.05, 0) is 31.9 Å². The maximum absolute atomic E-state index is 5.18. The van der Waals surface area contributed by atoms with E-state index in [-0.39, 0.29) is 0 Å². The fourth-order valence-electron chi connectivity index (χ4n) is 1.93. The molecule has 0 N–H and O–H groups in total. The average molecular weight is 422 g/mol. The Bertz CT molecular complexity index is 812. The van der Waals surface area contributed by atoms with E-state index in [4.69, 9.17) is 4.74 Å². The summed E-state index contributed by atoms with van der Waals surface area (Å²) in [6, 6.07) is 9.88. The SMILES string of the molecule is COc1ncnc(-c2ncc(Br)c(-c3ccccc3)n2)c1Br. The Morgan fingerprint density at radius 1 is 0.955 bits per heavy atom. The smallest absolute Gasteiger partial charge is 0.231 e. The summed E-state index contributed by atoms with van der Waals surface area (Å²) in [5, 5.41) is 0. The van der Waals surface area contributed by atoms with Crippen LogP contribution in [0.2, 0.25) is 0 Å². The Labute approximate surface area is 144 Å². The molecular formula is C15H10Br2N4O. The summed E-state index contributed by atoms with van der Waals surface area (Å²) in [6.07, 6.45) is 3.14. The minimum absolute atomic E-state index is 0.442. The lowest BCUT2D eigenvalue weighted by Gasteiger charge is -2.08. The number of methoxy groups -OCH3 is 1. The first-order chi connectivity index (χ1) is 10.7. The van der Waals surface area contributed by atoms with Crippen LogP contribution in [0.15, 0.2) is 51.8 Å². The standard InChI is InChI=1S/C15H10Br2N4O/c1-22-15-11(17)13(19-8-20-15)14-18-7-10(16)12(21-14)9-5-3-2-4-6-9/h2-8H,1H3. The molecule has 0 saturated carbocycles. The first kappa shape index (κ1) is 15.1. The van der Waals surface area contributed by atoms with Gasteiger partial charge < -0.3 is 4.74 Å². The van der Waals surface area contributed by atoms with E-state index in [0.29, 0.717) is 21.9 Å². The Hall–Kier alpha value is -1.86. The number of benzene rings is 1. The highest BCUT2D eigenvalue weighted by atomic mass is 79.9. The van der Waals surface area contributed by atoms with Crippen molar-refractivity contribution >= 4 is 31.9 Å². The number of hydrogen-bond acceptors (Lipinski definition) is 5. The van der Waals surface area contributed by atoms with Gasteiger partial charge in [-0.15, -0.1) is 0 Å². The zero-order valence-corrected chi connectivity index (χ0v) is 14.7. The second-order valence-electron chi connectivity index (χ2n) is 4.30. The van der Waals surface area contributed by atoms with Crippen molar-refractivity contribution < 1.29 is 4.74 Å². The van der Waals surface area contributed by atoms with Crippen molar-refractivity contribution in [1.82, 2.24) is 19.9 Å². The highest BCUT2D eigenvalue weighted by molar-refractivity contribution is 9.11. The second-order valence-corrected chi connectivity index (χ2v) is 5.95. The minimum Gasteiger partial charge on any atom is -0.480 e. The minimum atomic E-state index is 0.442. The van der Waals surface area contributed by atoms with Gasteiger partial charge in [0.05, 0.1) is 17.3 Å². The predicted octanol–water partition coefficient (Wildman–Crippen LogP) is 4.13. The first-order valence-electron chi connectivity index (χ1n) is 6.33. The Kier molecular flexibility index (Phi) is 4.44. The molecule has 0 spiro atoms. The summed E-state index contributed by atoms with van der Waals surface area (Å²) < 4.78 is 6.63. The number of halogens is 2. The number of rotatable bonds is 3. The number of aromatic nitrogens is 4. The van der Waals surface area contributed by atoms with Gasteiger partial charge in [-0.3, -0.25) is 0 Å². The number of nitrogens with zero attached hydrogens (tertiary/aromatic N) is 4. The molecule has 5 nitrogen and oxygen atoms in total. The maximum Gasteiger partial charge on any atom is 0.231 e. The van der Waals surface area contributed by atoms with Gasteiger partial charge in [0.2, 0.25) is 5.88 Å². The summed E-state index contributed by atoms with van der Waals surface area (Å²) in [4.78, 5) is 17.2. The van der Waals surface area contributed by atoms with Crippen molar-refractivity contribution in [2.45, 2.75) is 0 Å². The van der Waals surface area contributed by atoms with E-state index < -0.39 is 0 Å². The molecule has 3 aromatic rings. The fourth-order valence-corrected chi connectivity index (χ4v) is 2.90. The van der Waals surface area contributed by atoms with Gasteiger partial charge in [0.25, 0.3) is 0 Å². The number of hydrogen-bond donors (Lipinski definition) is 0. The third kappa shape index (κ3) is 2.86. The van der Waals surface area contributed by atoms with Crippen LogP contribution in [-0.4, -0.2) is 27.0 Å². The summed E-state index contributed by atoms with van der Waals surface area (Å²) in [6.45, 7) is 0. The molecule has 7 heteroatoms. The maximum atomic E-state index is 5.18. The van der Waals surface area contributed by atoms with Crippen LogP contribution in [0.1, 0.15) is 0 Å². The molecule has 0 atom stereocenters. The summed E-state index contributed by atoms with van der Waals surface area (Å²) >= 11 is 6.93. The molecule has 0 aliphatic heterocycles. The molecule has 0 aliphatic carbocycles. The van der Waals surface area contributed by atoms with Gasteiger partial charge in [-0.1, -0.05) is 30.3 Å². The van der Waals surface area contributed by atoms with Crippen molar-refractivity contribution in [3.63, 3.8) is 0 Å². The van der Waals surface area contributed by atoms with Crippen LogP contribution < -0.4 is 4.74 Å². The van der Waals surface area contributed by atoms with Gasteiger partial charge >= 0.3 is 0 Å². The van der Waals surface area contributed by atoms with E-state index in [2.05, 4.69) is 51.8 Å². The normalized spacial score (nSPS) is 10.5. The van der Waals surface area contributed by atoms with Crippen molar-refractivity contribution in [1.29, 1.82) is 0 Å². The molecule has 0 radical (unpaired) electrons. The molecule has 2 aromatic heterocycles. The molecular weight excluding hydrogens is 412 g/mol. The van der Waals surface area contributed by atoms with Crippen LogP contribution in [0.25, 0.3) is 22.8 Å². The van der Waals surface area contributed by atoms with Crippen molar-refractivity contribution in [3.05, 3.63) is 51.8 Å². The highest BCUT2D eigenvalue weighted by Crippen LogP contribution is 2.32. The average Bonchev–Trinajstić information content (AvgIpc) is 2.56. The Morgan fingerprint density at radius 2 is 1.73 bits per heavy atom. The van der Waals surface area contributed by atoms with Gasteiger partial charge in [-0.2, -0.15) is 0 Å². The molecule has 0 saturated heterocycles. The lowest BCUT2D eigenvalue weighted by molar-refractivity contribution is 0.394. The summed E-state index contributed by atoms with van der Waals surface area (Å²) in [7, 11) is 1.55. The molecule has 0 aliphatic rings. The Balaban J connectivity index is 2.14. The zero-order chi connectivity index (χ0) is 15.5. The molecule has 2 heterocycles. The van der Waals surface area contributed by atoms with Crippen LogP contribution >= 0.6 is 31.9 Å². The van der Waals surface area contributed by atoms with E-state index in [9.17, 15) is 0 Å². The van der Waals surface area contributed by atoms with E-state index in [0.717, 1.165) is 15.7 Å². The molecule has 0 bridgehead atoms. The van der Waals surface area contributed by atoms with E-state index in [1.165, 1.54) is 6.33 Å². The number of ether oxygens (including phenoxy) is 1. The van der Waals surface area contributed by atoms with Crippen molar-refractivity contribution in [2.24, 2.45) is 0 Å². The lowest BCUT2D eigenvalue weighted by Crippen LogP contribution is -1.99. The quantitative estimate of drug-likeness (QED) is 0.636. The predicted molar refractivity (Wildman–Crippen MR) is 90.4 cm³/mol. The van der Waals surface area contributed by atoms with Gasteiger partial charge in [0.1, 0.15) is 16.5 Å². The zero-order valence-electron chi connectivity index (χ0n) is 11.5. The largest absolute Gasteiger partial charge is 0.480 e. The topological polar surface area (TPSA) is 60.8 Å². The molecule has 1 aromatic carbocycles. The van der Waals surface area contributed by atoms with Crippen LogP contribution in [-0.2, 0) is 0 Å². The molecule has 0 fully saturated rings. The van der Waals surface area contributed by atoms with Gasteiger partial charge in [0.15, 0.2) is 5.82 Å². The molecule has 110 valence electrons. The van der Waals surface area contributed by atoms with E-state index >= 15 is 0 Å². The second kappa shape index (κ2) is 6.50. The van der Waals surface area contributed by atoms with Crippen LogP contribution in [0.4, 0.5) is 0 Å². The van der Waals surface area contributed by atoms with E-state index in [1.807, 2.05) is 30.3 Å². The third-order valence-corrected chi connectivity index (χ3v) is 4.25. The summed E-state index contributed by atoms with van der Waals surface area (Å²) in [5.41, 5.74) is 2.38. The van der Waals surface area contributed by atoms with E-state index in [1.54, 1.807) is 13.3 Å². The third-order valence-electron chi connectivity index (χ3n) is 2.95. The molecule has 3 rings (SSSR count). The lowest BCUT2D eigenvalue weighted by atomic mass is 10.1.